The Morgan fingerprint density at radius 3 is 1.25 bits per heavy atom. The summed E-state index contributed by atoms with van der Waals surface area (Å²) in [6.45, 7) is 18.5. The fourth-order valence-electron chi connectivity index (χ4n) is 3.69. The topological polar surface area (TPSA) is 52.6 Å². The third kappa shape index (κ3) is 7.44. The summed E-state index contributed by atoms with van der Waals surface area (Å²) in [4.78, 5) is 20.6. The summed E-state index contributed by atoms with van der Waals surface area (Å²) in [5, 5.41) is 0. The summed E-state index contributed by atoms with van der Waals surface area (Å²) in [6, 6.07) is 0. The van der Waals surface area contributed by atoms with Gasteiger partial charge in [-0.2, -0.15) is 0 Å². The van der Waals surface area contributed by atoms with Crippen LogP contribution in [-0.4, -0.2) is 24.1 Å². The van der Waals surface area contributed by atoms with Gasteiger partial charge < -0.3 is 9.47 Å². The first-order valence-electron chi connectivity index (χ1n) is 10.4. The van der Waals surface area contributed by atoms with Gasteiger partial charge in [0.05, 0.1) is 0 Å². The summed E-state index contributed by atoms with van der Waals surface area (Å²) < 4.78 is 10.2. The molecule has 0 aliphatic heterocycles. The van der Waals surface area contributed by atoms with Crippen molar-refractivity contribution in [3.8, 4) is 0 Å². The van der Waals surface area contributed by atoms with Crippen LogP contribution in [0.1, 0.15) is 93.9 Å². The fourth-order valence-corrected chi connectivity index (χ4v) is 3.69. The van der Waals surface area contributed by atoms with Crippen LogP contribution < -0.4 is 0 Å². The van der Waals surface area contributed by atoms with Crippen molar-refractivity contribution in [2.45, 2.75) is 105 Å². The number of carbonyl (C=O) groups excluding carboxylic acids is 2. The summed E-state index contributed by atoms with van der Waals surface area (Å²) >= 11 is 0. The zero-order valence-electron chi connectivity index (χ0n) is 19.2. The minimum atomic E-state index is -0.267. The van der Waals surface area contributed by atoms with Crippen LogP contribution in [0.3, 0.4) is 0 Å². The predicted molar refractivity (Wildman–Crippen MR) is 114 cm³/mol. The SMILES string of the molecule is CC(C)(C)C1=CC[C@@](C)(OC=O)CC1.CC(C)(C)C1=CC[C@](C)(OC=O)CC1. The lowest BCUT2D eigenvalue weighted by atomic mass is 9.76. The van der Waals surface area contributed by atoms with Crippen molar-refractivity contribution < 1.29 is 19.1 Å². The molecule has 2 atom stereocenters. The quantitative estimate of drug-likeness (QED) is 0.425. The van der Waals surface area contributed by atoms with Gasteiger partial charge in [-0.3, -0.25) is 9.59 Å². The second-order valence-electron chi connectivity index (χ2n) is 10.7. The molecule has 0 aromatic heterocycles. The van der Waals surface area contributed by atoms with Gasteiger partial charge >= 0.3 is 0 Å². The van der Waals surface area contributed by atoms with E-state index in [0.717, 1.165) is 38.5 Å². The van der Waals surface area contributed by atoms with E-state index in [2.05, 4.69) is 53.7 Å². The van der Waals surface area contributed by atoms with E-state index in [1.807, 2.05) is 13.8 Å². The van der Waals surface area contributed by atoms with Crippen molar-refractivity contribution in [2.24, 2.45) is 10.8 Å². The van der Waals surface area contributed by atoms with Gasteiger partial charge in [-0.25, -0.2) is 0 Å². The van der Waals surface area contributed by atoms with E-state index in [4.69, 9.17) is 9.47 Å². The van der Waals surface area contributed by atoms with Crippen molar-refractivity contribution in [2.75, 3.05) is 0 Å². The highest BCUT2D eigenvalue weighted by Crippen LogP contribution is 2.39. The molecular weight excluding hydrogens is 352 g/mol. The van der Waals surface area contributed by atoms with E-state index in [1.165, 1.54) is 11.1 Å². The Kier molecular flexibility index (Phi) is 8.10. The Labute approximate surface area is 171 Å². The molecule has 4 heteroatoms. The molecule has 2 aliphatic carbocycles. The molecule has 0 spiro atoms. The molecule has 0 heterocycles. The first kappa shape index (κ1) is 24.5. The molecule has 2 aliphatic rings. The van der Waals surface area contributed by atoms with E-state index in [1.54, 1.807) is 0 Å². The third-order valence-electron chi connectivity index (χ3n) is 6.00. The van der Waals surface area contributed by atoms with Gasteiger partial charge in [0.15, 0.2) is 0 Å². The Bertz CT molecular complexity index is 549. The maximum atomic E-state index is 10.3. The standard InChI is InChI=1S/2C12H20O2/c2*1-11(2,3)10-5-7-12(4,8-6-10)14-9-13/h2*5,9H,6-8H2,1-4H3/t2*12-/m10/s1. The normalized spacial score (nSPS) is 28.1. The van der Waals surface area contributed by atoms with Crippen LogP contribution in [0.4, 0.5) is 0 Å². The van der Waals surface area contributed by atoms with Gasteiger partial charge in [0.2, 0.25) is 0 Å². The van der Waals surface area contributed by atoms with Crippen LogP contribution in [0.2, 0.25) is 0 Å². The lowest BCUT2D eigenvalue weighted by Crippen LogP contribution is -2.31. The van der Waals surface area contributed by atoms with Crippen LogP contribution in [0, 0.1) is 10.8 Å². The summed E-state index contributed by atoms with van der Waals surface area (Å²) in [5.41, 5.74) is 2.92. The second-order valence-corrected chi connectivity index (χ2v) is 10.7. The first-order chi connectivity index (χ1) is 12.7. The Morgan fingerprint density at radius 2 is 1.07 bits per heavy atom. The lowest BCUT2D eigenvalue weighted by molar-refractivity contribution is -0.143. The molecule has 4 nitrogen and oxygen atoms in total. The maximum Gasteiger partial charge on any atom is 0.293 e. The molecule has 160 valence electrons. The number of ether oxygens (including phenoxy) is 2. The van der Waals surface area contributed by atoms with Crippen molar-refractivity contribution in [1.29, 1.82) is 0 Å². The van der Waals surface area contributed by atoms with Crippen LogP contribution >= 0.6 is 0 Å². The average Bonchev–Trinajstić information content (AvgIpc) is 2.54. The maximum absolute atomic E-state index is 10.3. The van der Waals surface area contributed by atoms with Gasteiger partial charge in [0.25, 0.3) is 12.9 Å². The van der Waals surface area contributed by atoms with Gasteiger partial charge in [0.1, 0.15) is 11.2 Å². The number of allylic oxidation sites excluding steroid dienone is 2. The van der Waals surface area contributed by atoms with Crippen LogP contribution in [0.15, 0.2) is 23.3 Å². The van der Waals surface area contributed by atoms with Crippen molar-refractivity contribution in [3.05, 3.63) is 23.3 Å². The van der Waals surface area contributed by atoms with Crippen LogP contribution in [0.25, 0.3) is 0 Å². The lowest BCUT2D eigenvalue weighted by Gasteiger charge is -2.35. The molecule has 0 unspecified atom stereocenters. The molecule has 28 heavy (non-hydrogen) atoms. The first-order valence-corrected chi connectivity index (χ1v) is 10.4. The van der Waals surface area contributed by atoms with Crippen LogP contribution in [-0.2, 0) is 19.1 Å². The highest BCUT2D eigenvalue weighted by Gasteiger charge is 2.32. The summed E-state index contributed by atoms with van der Waals surface area (Å²) in [5.74, 6) is 0. The number of hydrogen-bond donors (Lipinski definition) is 0. The Morgan fingerprint density at radius 1 is 0.750 bits per heavy atom. The zero-order valence-corrected chi connectivity index (χ0v) is 19.2. The van der Waals surface area contributed by atoms with Gasteiger partial charge in [-0.1, -0.05) is 64.8 Å². The minimum Gasteiger partial charge on any atom is -0.461 e. The van der Waals surface area contributed by atoms with E-state index in [9.17, 15) is 9.59 Å². The zero-order chi connectivity index (χ0) is 21.6. The molecule has 0 aromatic rings. The highest BCUT2D eigenvalue weighted by atomic mass is 16.5. The van der Waals surface area contributed by atoms with Crippen LogP contribution in [0.5, 0.6) is 0 Å². The molecule has 0 amide bonds. The van der Waals surface area contributed by atoms with Gasteiger partial charge in [0, 0.05) is 12.8 Å². The van der Waals surface area contributed by atoms with E-state index in [0.29, 0.717) is 12.9 Å². The largest absolute Gasteiger partial charge is 0.461 e. The molecule has 0 aromatic carbocycles. The third-order valence-corrected chi connectivity index (χ3v) is 6.00. The molecule has 0 saturated heterocycles. The van der Waals surface area contributed by atoms with Gasteiger partial charge in [-0.15, -0.1) is 0 Å². The average molecular weight is 393 g/mol. The molecule has 0 N–H and O–H groups in total. The predicted octanol–water partition coefficient (Wildman–Crippen LogP) is 6.15. The molecular formula is C24H40O4. The molecule has 0 bridgehead atoms. The highest BCUT2D eigenvalue weighted by molar-refractivity contribution is 5.39. The molecule has 0 saturated carbocycles. The van der Waals surface area contributed by atoms with Gasteiger partial charge in [-0.05, 0) is 50.4 Å². The second kappa shape index (κ2) is 9.28. The summed E-state index contributed by atoms with van der Waals surface area (Å²) in [7, 11) is 0. The molecule has 0 radical (unpaired) electrons. The van der Waals surface area contributed by atoms with E-state index >= 15 is 0 Å². The van der Waals surface area contributed by atoms with E-state index in [-0.39, 0.29) is 22.0 Å². The molecule has 0 fully saturated rings. The number of carbonyl (C=O) groups is 2. The number of rotatable bonds is 4. The fraction of sp³-hybridized carbons (Fsp3) is 0.750. The Balaban J connectivity index is 0.000000280. The summed E-state index contributed by atoms with van der Waals surface area (Å²) in [6.07, 6.45) is 10.1. The van der Waals surface area contributed by atoms with E-state index < -0.39 is 0 Å². The smallest absolute Gasteiger partial charge is 0.293 e. The van der Waals surface area contributed by atoms with Crippen molar-refractivity contribution in [3.63, 3.8) is 0 Å². The Hall–Kier alpha value is -1.58. The monoisotopic (exact) mass is 392 g/mol. The minimum absolute atomic E-state index is 0.252. The molecule has 2 rings (SSSR count). The number of hydrogen-bond acceptors (Lipinski definition) is 4. The van der Waals surface area contributed by atoms with Crippen molar-refractivity contribution >= 4 is 12.9 Å². The van der Waals surface area contributed by atoms with Crippen molar-refractivity contribution in [1.82, 2.24) is 0 Å².